The fraction of sp³-hybridized carbons (Fsp3) is 0.500. The summed E-state index contributed by atoms with van der Waals surface area (Å²) in [5.41, 5.74) is 0.670. The lowest BCUT2D eigenvalue weighted by atomic mass is 9.91. The van der Waals surface area contributed by atoms with E-state index in [0.29, 0.717) is 18.7 Å². The molecule has 0 unspecified atom stereocenters. The Balaban J connectivity index is 2.12. The molecule has 0 bridgehead atoms. The first kappa shape index (κ1) is 15.5. The highest BCUT2D eigenvalue weighted by Crippen LogP contribution is 2.23. The summed E-state index contributed by atoms with van der Waals surface area (Å²) in [6.07, 6.45) is 4.69. The third-order valence-electron chi connectivity index (χ3n) is 3.60. The van der Waals surface area contributed by atoms with Gasteiger partial charge >= 0.3 is 0 Å². The number of hydrogen-bond donors (Lipinski definition) is 0. The molecule has 0 amide bonds. The summed E-state index contributed by atoms with van der Waals surface area (Å²) in [6.45, 7) is 0.829. The van der Waals surface area contributed by atoms with Crippen LogP contribution < -0.4 is 0 Å². The van der Waals surface area contributed by atoms with Gasteiger partial charge in [-0.1, -0.05) is 12.1 Å². The van der Waals surface area contributed by atoms with E-state index in [4.69, 9.17) is 0 Å². The van der Waals surface area contributed by atoms with Gasteiger partial charge < -0.3 is 0 Å². The summed E-state index contributed by atoms with van der Waals surface area (Å²) >= 11 is 1.63. The van der Waals surface area contributed by atoms with Crippen LogP contribution in [0.15, 0.2) is 29.2 Å². The van der Waals surface area contributed by atoms with Crippen LogP contribution in [0.2, 0.25) is 0 Å². The van der Waals surface area contributed by atoms with Gasteiger partial charge in [0, 0.05) is 29.5 Å². The second-order valence-electron chi connectivity index (χ2n) is 5.05. The molecule has 20 heavy (non-hydrogen) atoms. The van der Waals surface area contributed by atoms with Gasteiger partial charge in [0.15, 0.2) is 5.78 Å². The Hall–Kier alpha value is -0.850. The minimum Gasteiger partial charge on any atom is -0.294 e. The van der Waals surface area contributed by atoms with E-state index in [0.717, 1.165) is 17.7 Å². The van der Waals surface area contributed by atoms with Crippen molar-refractivity contribution < 1.29 is 13.2 Å². The van der Waals surface area contributed by atoms with Crippen molar-refractivity contribution in [1.82, 2.24) is 4.31 Å². The van der Waals surface area contributed by atoms with Crippen LogP contribution in [-0.2, 0) is 10.0 Å². The predicted octanol–water partition coefficient (Wildman–Crippen LogP) is 2.26. The maximum absolute atomic E-state index is 12.4. The van der Waals surface area contributed by atoms with Gasteiger partial charge in [0.25, 0.3) is 0 Å². The first-order valence-corrected chi connectivity index (χ1v) is 9.62. The molecule has 6 heteroatoms. The molecule has 0 aliphatic carbocycles. The SMILES string of the molecule is CSc1ccc(C(=O)[C@H]2CCCN(S(C)(=O)=O)C2)cc1. The van der Waals surface area contributed by atoms with Gasteiger partial charge in [-0.3, -0.25) is 4.79 Å². The Kier molecular flexibility index (Phi) is 4.88. The zero-order valence-corrected chi connectivity index (χ0v) is 13.3. The number of hydrogen-bond acceptors (Lipinski definition) is 4. The lowest BCUT2D eigenvalue weighted by molar-refractivity contribution is 0.0872. The first-order valence-electron chi connectivity index (χ1n) is 6.55. The number of benzene rings is 1. The van der Waals surface area contributed by atoms with Crippen LogP contribution in [0.5, 0.6) is 0 Å². The second kappa shape index (κ2) is 6.28. The number of thioether (sulfide) groups is 1. The third-order valence-corrected chi connectivity index (χ3v) is 5.61. The Morgan fingerprint density at radius 1 is 1.30 bits per heavy atom. The molecule has 110 valence electrons. The van der Waals surface area contributed by atoms with Crippen LogP contribution in [0, 0.1) is 5.92 Å². The molecule has 1 aromatic carbocycles. The Morgan fingerprint density at radius 2 is 1.95 bits per heavy atom. The van der Waals surface area contributed by atoms with Crippen molar-refractivity contribution in [3.8, 4) is 0 Å². The number of sulfonamides is 1. The molecule has 1 saturated heterocycles. The molecule has 2 rings (SSSR count). The number of carbonyl (C=O) groups is 1. The largest absolute Gasteiger partial charge is 0.294 e. The van der Waals surface area contributed by atoms with Crippen LogP contribution in [0.4, 0.5) is 0 Å². The standard InChI is InChI=1S/C14H19NO3S2/c1-19-13-7-5-11(6-8-13)14(16)12-4-3-9-15(10-12)20(2,17)18/h5-8,12H,3-4,9-10H2,1-2H3/t12-/m0/s1. The van der Waals surface area contributed by atoms with Crippen molar-refractivity contribution in [3.05, 3.63) is 29.8 Å². The highest BCUT2D eigenvalue weighted by molar-refractivity contribution is 7.98. The van der Waals surface area contributed by atoms with Gasteiger partial charge in [0.1, 0.15) is 0 Å². The van der Waals surface area contributed by atoms with Gasteiger partial charge in [-0.25, -0.2) is 12.7 Å². The number of carbonyl (C=O) groups excluding carboxylic acids is 1. The Labute approximate surface area is 124 Å². The highest BCUT2D eigenvalue weighted by Gasteiger charge is 2.30. The molecule has 0 spiro atoms. The molecule has 0 saturated carbocycles. The van der Waals surface area contributed by atoms with Crippen molar-refractivity contribution in [1.29, 1.82) is 0 Å². The zero-order valence-electron chi connectivity index (χ0n) is 11.7. The lowest BCUT2D eigenvalue weighted by Gasteiger charge is -2.30. The van der Waals surface area contributed by atoms with E-state index in [2.05, 4.69) is 0 Å². The molecule has 0 N–H and O–H groups in total. The maximum atomic E-state index is 12.4. The molecule has 1 aliphatic rings. The van der Waals surface area contributed by atoms with E-state index < -0.39 is 10.0 Å². The number of nitrogens with zero attached hydrogens (tertiary/aromatic N) is 1. The Morgan fingerprint density at radius 3 is 2.50 bits per heavy atom. The number of Topliss-reactive ketones (excluding diaryl/α,β-unsaturated/α-hetero) is 1. The second-order valence-corrected chi connectivity index (χ2v) is 7.92. The van der Waals surface area contributed by atoms with Gasteiger partial charge in [-0.15, -0.1) is 11.8 Å². The quantitative estimate of drug-likeness (QED) is 0.632. The summed E-state index contributed by atoms with van der Waals surface area (Å²) in [5, 5.41) is 0. The van der Waals surface area contributed by atoms with Crippen molar-refractivity contribution >= 4 is 27.6 Å². The molecule has 1 atom stereocenters. The van der Waals surface area contributed by atoms with Gasteiger partial charge in [-0.05, 0) is 31.2 Å². The molecule has 1 aromatic rings. The molecule has 1 fully saturated rings. The van der Waals surface area contributed by atoms with E-state index in [1.54, 1.807) is 11.8 Å². The van der Waals surface area contributed by atoms with E-state index in [9.17, 15) is 13.2 Å². The molecular weight excluding hydrogens is 294 g/mol. The van der Waals surface area contributed by atoms with Crippen molar-refractivity contribution in [2.75, 3.05) is 25.6 Å². The predicted molar refractivity (Wildman–Crippen MR) is 81.7 cm³/mol. The van der Waals surface area contributed by atoms with Crippen LogP contribution in [0.1, 0.15) is 23.2 Å². The molecule has 1 aliphatic heterocycles. The summed E-state index contributed by atoms with van der Waals surface area (Å²) in [7, 11) is -3.21. The minimum atomic E-state index is -3.21. The molecular formula is C14H19NO3S2. The number of piperidine rings is 1. The number of ketones is 1. The van der Waals surface area contributed by atoms with E-state index in [-0.39, 0.29) is 11.7 Å². The van der Waals surface area contributed by atoms with Gasteiger partial charge in [0.2, 0.25) is 10.0 Å². The third kappa shape index (κ3) is 3.62. The number of rotatable bonds is 4. The van der Waals surface area contributed by atoms with E-state index in [1.165, 1.54) is 10.6 Å². The summed E-state index contributed by atoms with van der Waals surface area (Å²) in [4.78, 5) is 13.6. The molecule has 4 nitrogen and oxygen atoms in total. The van der Waals surface area contributed by atoms with Crippen molar-refractivity contribution in [2.24, 2.45) is 5.92 Å². The smallest absolute Gasteiger partial charge is 0.211 e. The summed E-state index contributed by atoms with van der Waals surface area (Å²) < 4.78 is 24.6. The Bertz CT molecular complexity index is 581. The summed E-state index contributed by atoms with van der Waals surface area (Å²) in [6, 6.07) is 7.51. The fourth-order valence-electron chi connectivity index (χ4n) is 2.45. The normalized spacial score (nSPS) is 20.8. The fourth-order valence-corrected chi connectivity index (χ4v) is 3.77. The van der Waals surface area contributed by atoms with Crippen LogP contribution in [0.25, 0.3) is 0 Å². The van der Waals surface area contributed by atoms with Crippen LogP contribution in [-0.4, -0.2) is 44.1 Å². The van der Waals surface area contributed by atoms with Crippen molar-refractivity contribution in [3.63, 3.8) is 0 Å². The monoisotopic (exact) mass is 313 g/mol. The van der Waals surface area contributed by atoms with E-state index in [1.807, 2.05) is 30.5 Å². The topological polar surface area (TPSA) is 54.5 Å². The lowest BCUT2D eigenvalue weighted by Crippen LogP contribution is -2.41. The molecule has 1 heterocycles. The average molecular weight is 313 g/mol. The molecule has 0 radical (unpaired) electrons. The highest BCUT2D eigenvalue weighted by atomic mass is 32.2. The zero-order chi connectivity index (χ0) is 14.8. The first-order chi connectivity index (χ1) is 9.41. The summed E-state index contributed by atoms with van der Waals surface area (Å²) in [5.74, 6) is -0.176. The van der Waals surface area contributed by atoms with E-state index >= 15 is 0 Å². The maximum Gasteiger partial charge on any atom is 0.211 e. The van der Waals surface area contributed by atoms with Gasteiger partial charge in [-0.2, -0.15) is 0 Å². The minimum absolute atomic E-state index is 0.0472. The molecule has 0 aromatic heterocycles. The average Bonchev–Trinajstić information content (AvgIpc) is 2.46. The van der Waals surface area contributed by atoms with Gasteiger partial charge in [0.05, 0.1) is 6.26 Å². The van der Waals surface area contributed by atoms with Crippen molar-refractivity contribution in [2.45, 2.75) is 17.7 Å². The van der Waals surface area contributed by atoms with Crippen LogP contribution >= 0.6 is 11.8 Å². The van der Waals surface area contributed by atoms with Crippen LogP contribution in [0.3, 0.4) is 0 Å².